The molecule has 0 amide bonds. The number of aromatic nitrogens is 2. The zero-order chi connectivity index (χ0) is 16.7. The van der Waals surface area contributed by atoms with Crippen LogP contribution in [-0.4, -0.2) is 16.6 Å². The third-order valence-electron chi connectivity index (χ3n) is 3.61. The van der Waals surface area contributed by atoms with E-state index in [-0.39, 0.29) is 10.7 Å². The average molecular weight is 397 g/mol. The summed E-state index contributed by atoms with van der Waals surface area (Å²) in [6, 6.07) is 8.67. The summed E-state index contributed by atoms with van der Waals surface area (Å²) in [7, 11) is 1.66. The number of hydrogen-bond donors (Lipinski definition) is 1. The summed E-state index contributed by atoms with van der Waals surface area (Å²) in [5, 5.41) is 3.10. The van der Waals surface area contributed by atoms with E-state index in [0.717, 1.165) is 5.56 Å². The van der Waals surface area contributed by atoms with Crippen molar-refractivity contribution >= 4 is 44.3 Å². The van der Waals surface area contributed by atoms with Crippen LogP contribution in [0, 0.1) is 12.7 Å². The molecule has 0 unspecified atom stereocenters. The number of pyridine rings is 2. The van der Waals surface area contributed by atoms with Crippen molar-refractivity contribution in [3.8, 4) is 5.69 Å². The standard InChI is InChI=1S/C16H12BrClFN3O/c1-8-5-3-4-6-11(8)22-15-9(7-10(19)14(18)21-15)13(20-2)12(17)16(22)23/h3-7,20H,1-2H3. The number of aryl methyl sites for hydroxylation is 1. The number of nitrogens with one attached hydrogen (secondary N) is 1. The Morgan fingerprint density at radius 2 is 2.04 bits per heavy atom. The van der Waals surface area contributed by atoms with Gasteiger partial charge < -0.3 is 5.32 Å². The van der Waals surface area contributed by atoms with Gasteiger partial charge >= 0.3 is 0 Å². The van der Waals surface area contributed by atoms with E-state index >= 15 is 0 Å². The second kappa shape index (κ2) is 5.94. The number of fused-ring (bicyclic) bond motifs is 1. The van der Waals surface area contributed by atoms with Gasteiger partial charge in [0, 0.05) is 12.4 Å². The maximum atomic E-state index is 13.9. The van der Waals surface area contributed by atoms with Gasteiger partial charge in [0.1, 0.15) is 4.47 Å². The second-order valence-electron chi connectivity index (χ2n) is 5.00. The molecule has 2 aromatic heterocycles. The lowest BCUT2D eigenvalue weighted by Gasteiger charge is -2.16. The third-order valence-corrected chi connectivity index (χ3v) is 4.61. The number of hydrogen-bond acceptors (Lipinski definition) is 3. The quantitative estimate of drug-likeness (QED) is 0.657. The molecule has 0 radical (unpaired) electrons. The largest absolute Gasteiger partial charge is 0.386 e. The highest BCUT2D eigenvalue weighted by atomic mass is 79.9. The van der Waals surface area contributed by atoms with E-state index in [4.69, 9.17) is 11.6 Å². The van der Waals surface area contributed by atoms with Gasteiger partial charge in [-0.3, -0.25) is 9.36 Å². The van der Waals surface area contributed by atoms with E-state index in [9.17, 15) is 9.18 Å². The molecule has 0 aliphatic carbocycles. The highest BCUT2D eigenvalue weighted by Crippen LogP contribution is 2.31. The van der Waals surface area contributed by atoms with Crippen molar-refractivity contribution in [1.82, 2.24) is 9.55 Å². The molecule has 23 heavy (non-hydrogen) atoms. The molecule has 118 valence electrons. The highest BCUT2D eigenvalue weighted by molar-refractivity contribution is 9.10. The Morgan fingerprint density at radius 1 is 1.35 bits per heavy atom. The predicted octanol–water partition coefficient (Wildman–Crippen LogP) is 4.29. The summed E-state index contributed by atoms with van der Waals surface area (Å²) in [6.07, 6.45) is 0. The van der Waals surface area contributed by atoms with Gasteiger partial charge in [0.2, 0.25) is 0 Å². The maximum absolute atomic E-state index is 13.9. The minimum atomic E-state index is -0.641. The van der Waals surface area contributed by atoms with Crippen LogP contribution >= 0.6 is 27.5 Å². The number of para-hydroxylation sites is 1. The summed E-state index contributed by atoms with van der Waals surface area (Å²) in [6.45, 7) is 1.89. The lowest BCUT2D eigenvalue weighted by atomic mass is 10.1. The first-order valence-corrected chi connectivity index (χ1v) is 7.96. The molecule has 4 nitrogen and oxygen atoms in total. The molecule has 2 heterocycles. The molecule has 0 saturated heterocycles. The van der Waals surface area contributed by atoms with E-state index in [0.29, 0.717) is 26.9 Å². The van der Waals surface area contributed by atoms with Crippen LogP contribution in [0.15, 0.2) is 39.6 Å². The Hall–Kier alpha value is -1.92. The van der Waals surface area contributed by atoms with E-state index in [1.54, 1.807) is 13.1 Å². The summed E-state index contributed by atoms with van der Waals surface area (Å²) in [4.78, 5) is 16.9. The van der Waals surface area contributed by atoms with Crippen LogP contribution in [0.4, 0.5) is 10.1 Å². The minimum Gasteiger partial charge on any atom is -0.386 e. The molecule has 1 aromatic carbocycles. The van der Waals surface area contributed by atoms with Gasteiger partial charge in [-0.1, -0.05) is 29.8 Å². The monoisotopic (exact) mass is 395 g/mol. The van der Waals surface area contributed by atoms with Crippen LogP contribution in [0.2, 0.25) is 5.15 Å². The third kappa shape index (κ3) is 2.52. The SMILES string of the molecule is CNc1c(Br)c(=O)n(-c2ccccc2C)c2nc(Cl)c(F)cc12. The smallest absolute Gasteiger partial charge is 0.273 e. The van der Waals surface area contributed by atoms with E-state index in [1.165, 1.54) is 10.6 Å². The Balaban J connectivity index is 2.57. The first-order valence-electron chi connectivity index (χ1n) is 6.79. The molecule has 3 rings (SSSR count). The number of benzene rings is 1. The summed E-state index contributed by atoms with van der Waals surface area (Å²) >= 11 is 9.14. The van der Waals surface area contributed by atoms with Crippen LogP contribution in [-0.2, 0) is 0 Å². The van der Waals surface area contributed by atoms with Crippen molar-refractivity contribution in [2.45, 2.75) is 6.92 Å². The Morgan fingerprint density at radius 3 is 2.70 bits per heavy atom. The predicted molar refractivity (Wildman–Crippen MR) is 94.3 cm³/mol. The number of halogens is 3. The van der Waals surface area contributed by atoms with Crippen LogP contribution in [0.3, 0.4) is 0 Å². The Bertz CT molecular complexity index is 987. The van der Waals surface area contributed by atoms with Gasteiger partial charge in [0.05, 0.1) is 11.4 Å². The fraction of sp³-hybridized carbons (Fsp3) is 0.125. The Labute approximate surface area is 145 Å². The maximum Gasteiger partial charge on any atom is 0.273 e. The normalized spacial score (nSPS) is 11.0. The van der Waals surface area contributed by atoms with E-state index in [1.807, 2.05) is 25.1 Å². The molecule has 0 aliphatic rings. The van der Waals surface area contributed by atoms with Crippen molar-refractivity contribution in [3.63, 3.8) is 0 Å². The van der Waals surface area contributed by atoms with Crippen LogP contribution in [0.1, 0.15) is 5.56 Å². The molecule has 7 heteroatoms. The van der Waals surface area contributed by atoms with Gasteiger partial charge in [-0.15, -0.1) is 0 Å². The van der Waals surface area contributed by atoms with Gasteiger partial charge in [-0.25, -0.2) is 9.37 Å². The topological polar surface area (TPSA) is 46.9 Å². The first kappa shape index (κ1) is 16.0. The van der Waals surface area contributed by atoms with Crippen molar-refractivity contribution < 1.29 is 4.39 Å². The molecular formula is C16H12BrClFN3O. The molecular weight excluding hydrogens is 385 g/mol. The van der Waals surface area contributed by atoms with E-state index < -0.39 is 5.82 Å². The van der Waals surface area contributed by atoms with E-state index in [2.05, 4.69) is 26.2 Å². The molecule has 0 bridgehead atoms. The lowest BCUT2D eigenvalue weighted by Crippen LogP contribution is -2.22. The van der Waals surface area contributed by atoms with Crippen molar-refractivity contribution in [2.24, 2.45) is 0 Å². The van der Waals surface area contributed by atoms with Crippen LogP contribution < -0.4 is 10.9 Å². The molecule has 0 fully saturated rings. The van der Waals surface area contributed by atoms with Crippen molar-refractivity contribution in [3.05, 3.63) is 61.7 Å². The van der Waals surface area contributed by atoms with Crippen molar-refractivity contribution in [2.75, 3.05) is 12.4 Å². The number of rotatable bonds is 2. The van der Waals surface area contributed by atoms with Gasteiger partial charge in [0.15, 0.2) is 16.6 Å². The lowest BCUT2D eigenvalue weighted by molar-refractivity contribution is 0.624. The van der Waals surface area contributed by atoms with Crippen LogP contribution in [0.25, 0.3) is 16.7 Å². The number of anilines is 1. The fourth-order valence-electron chi connectivity index (χ4n) is 2.51. The molecule has 0 spiro atoms. The summed E-state index contributed by atoms with van der Waals surface area (Å²) < 4.78 is 15.6. The van der Waals surface area contributed by atoms with Gasteiger partial charge in [-0.05, 0) is 40.5 Å². The zero-order valence-electron chi connectivity index (χ0n) is 12.3. The highest BCUT2D eigenvalue weighted by Gasteiger charge is 2.19. The molecule has 0 atom stereocenters. The van der Waals surface area contributed by atoms with Gasteiger partial charge in [0.25, 0.3) is 5.56 Å². The summed E-state index contributed by atoms with van der Waals surface area (Å²) in [5.74, 6) is -0.641. The molecule has 0 saturated carbocycles. The van der Waals surface area contributed by atoms with Gasteiger partial charge in [-0.2, -0.15) is 0 Å². The number of nitrogens with zero attached hydrogens (tertiary/aromatic N) is 2. The molecule has 3 aromatic rings. The molecule has 1 N–H and O–H groups in total. The Kier molecular flexibility index (Phi) is 4.12. The zero-order valence-corrected chi connectivity index (χ0v) is 14.7. The minimum absolute atomic E-state index is 0.274. The fourth-order valence-corrected chi connectivity index (χ4v) is 3.24. The second-order valence-corrected chi connectivity index (χ2v) is 6.15. The van der Waals surface area contributed by atoms with Crippen molar-refractivity contribution in [1.29, 1.82) is 0 Å². The van der Waals surface area contributed by atoms with Crippen LogP contribution in [0.5, 0.6) is 0 Å². The average Bonchev–Trinajstić information content (AvgIpc) is 2.53. The summed E-state index contributed by atoms with van der Waals surface area (Å²) in [5.41, 5.74) is 2.02. The first-order chi connectivity index (χ1) is 11.0. The molecule has 0 aliphatic heterocycles.